The fraction of sp³-hybridized carbons (Fsp3) is 1.00. The molecule has 2 unspecified atom stereocenters. The molecule has 0 saturated carbocycles. The molecule has 2 aliphatic heterocycles. The molecule has 0 amide bonds. The Labute approximate surface area is 101 Å². The molecule has 0 spiro atoms. The molecule has 2 heterocycles. The van der Waals surface area contributed by atoms with Crippen molar-refractivity contribution < 1.29 is 33.6 Å². The lowest BCUT2D eigenvalue weighted by Gasteiger charge is -2.02. The molecular weight excluding hydrogens is 251 g/mol. The maximum Gasteiger partial charge on any atom is 0.400 e. The van der Waals surface area contributed by atoms with Gasteiger partial charge in [0.25, 0.3) is 0 Å². The predicted octanol–water partition coefficient (Wildman–Crippen LogP) is -0.827. The van der Waals surface area contributed by atoms with Gasteiger partial charge in [0.2, 0.25) is 0 Å². The lowest BCUT2D eigenvalue weighted by Crippen LogP contribution is -2.10. The quantitative estimate of drug-likeness (QED) is 0.315. The monoisotopic (exact) mass is 271 g/mol. The van der Waals surface area contributed by atoms with Crippen LogP contribution < -0.4 is 0 Å². The zero-order valence-corrected chi connectivity index (χ0v) is 10.7. The normalized spacial score (nSPS) is 26.1. The molecule has 3 N–H and O–H groups in total. The molecule has 2 rings (SSSR count). The van der Waals surface area contributed by atoms with E-state index in [0.29, 0.717) is 38.6 Å². The van der Waals surface area contributed by atoms with E-state index < -0.39 is 7.94 Å². The van der Waals surface area contributed by atoms with Gasteiger partial charge in [0.1, 0.15) is 18.9 Å². The Morgan fingerprint density at radius 3 is 1.53 bits per heavy atom. The molecular formula is C9H20O7P+. The lowest BCUT2D eigenvalue weighted by molar-refractivity contribution is 0.0366. The second-order valence-corrected chi connectivity index (χ2v) is 5.67. The van der Waals surface area contributed by atoms with Crippen LogP contribution >= 0.6 is 7.94 Å². The van der Waals surface area contributed by atoms with Gasteiger partial charge in [-0.25, -0.2) is 0 Å². The number of hydrogen-bond acceptors (Lipinski definition) is 7. The minimum atomic E-state index is -3.39. The Morgan fingerprint density at radius 2 is 1.29 bits per heavy atom. The molecule has 0 aromatic heterocycles. The van der Waals surface area contributed by atoms with Crippen LogP contribution in [0.15, 0.2) is 0 Å². The zero-order chi connectivity index (χ0) is 12.7. The standard InChI is InChI=1S/C8H14O4.CH6O3P/c1(9-3-7-5-11-7)2-10-4-8-6-12-8;1-5(2,3)4/h7-8H,1-6H2;2-4H,1H3/q;+1. The van der Waals surface area contributed by atoms with Gasteiger partial charge < -0.3 is 18.9 Å². The molecule has 102 valence electrons. The highest BCUT2D eigenvalue weighted by molar-refractivity contribution is 7.57. The lowest BCUT2D eigenvalue weighted by atomic mass is 10.5. The molecule has 0 bridgehead atoms. The second-order valence-electron chi connectivity index (χ2n) is 3.93. The summed E-state index contributed by atoms with van der Waals surface area (Å²) in [6, 6.07) is 0. The Hall–Kier alpha value is 0.150. The fourth-order valence-corrected chi connectivity index (χ4v) is 0.876. The second kappa shape index (κ2) is 7.56. The van der Waals surface area contributed by atoms with Gasteiger partial charge in [-0.15, -0.1) is 0 Å². The van der Waals surface area contributed by atoms with Gasteiger partial charge in [-0.1, -0.05) is 0 Å². The Kier molecular flexibility index (Phi) is 6.76. The van der Waals surface area contributed by atoms with E-state index in [0.717, 1.165) is 19.9 Å². The van der Waals surface area contributed by atoms with Crippen molar-refractivity contribution >= 4 is 7.94 Å². The molecule has 0 aliphatic carbocycles. The third kappa shape index (κ3) is 14.1. The van der Waals surface area contributed by atoms with E-state index in [9.17, 15) is 0 Å². The number of ether oxygens (including phenoxy) is 4. The highest BCUT2D eigenvalue weighted by Crippen LogP contribution is 2.38. The maximum absolute atomic E-state index is 7.74. The van der Waals surface area contributed by atoms with E-state index in [4.69, 9.17) is 33.6 Å². The summed E-state index contributed by atoms with van der Waals surface area (Å²) >= 11 is 0. The topological polar surface area (TPSA) is 104 Å². The minimum Gasteiger partial charge on any atom is -0.376 e. The Bertz CT molecular complexity index is 178. The zero-order valence-electron chi connectivity index (χ0n) is 9.82. The van der Waals surface area contributed by atoms with Crippen molar-refractivity contribution in [2.24, 2.45) is 0 Å². The molecule has 0 aromatic carbocycles. The average Bonchev–Trinajstić information content (AvgIpc) is 3.01. The Morgan fingerprint density at radius 1 is 1.00 bits per heavy atom. The third-order valence-corrected chi connectivity index (χ3v) is 1.78. The summed E-state index contributed by atoms with van der Waals surface area (Å²) in [4.78, 5) is 23.2. The molecule has 0 radical (unpaired) electrons. The number of hydrogen-bond donors (Lipinski definition) is 3. The van der Waals surface area contributed by atoms with Crippen LogP contribution in [0, 0.1) is 0 Å². The summed E-state index contributed by atoms with van der Waals surface area (Å²) in [5, 5.41) is 0. The first-order chi connectivity index (χ1) is 7.95. The van der Waals surface area contributed by atoms with Gasteiger partial charge in [-0.3, -0.25) is 0 Å². The summed E-state index contributed by atoms with van der Waals surface area (Å²) in [6.07, 6.45) is 0.716. The van der Waals surface area contributed by atoms with E-state index in [2.05, 4.69) is 0 Å². The van der Waals surface area contributed by atoms with Gasteiger partial charge in [-0.2, -0.15) is 14.7 Å². The van der Waals surface area contributed by atoms with Crippen LogP contribution in [0.2, 0.25) is 0 Å². The maximum atomic E-state index is 7.74. The Balaban J connectivity index is 0.000000249. The van der Waals surface area contributed by atoms with E-state index in [1.54, 1.807) is 0 Å². The smallest absolute Gasteiger partial charge is 0.376 e. The van der Waals surface area contributed by atoms with Gasteiger partial charge in [-0.05, 0) is 0 Å². The minimum absolute atomic E-state index is 0.358. The van der Waals surface area contributed by atoms with Crippen molar-refractivity contribution in [2.45, 2.75) is 12.2 Å². The summed E-state index contributed by atoms with van der Waals surface area (Å²) in [5.74, 6) is 0. The van der Waals surface area contributed by atoms with Crippen molar-refractivity contribution in [3.63, 3.8) is 0 Å². The first kappa shape index (κ1) is 15.2. The van der Waals surface area contributed by atoms with Gasteiger partial charge in [0, 0.05) is 0 Å². The highest BCUT2D eigenvalue weighted by atomic mass is 31.2. The van der Waals surface area contributed by atoms with Crippen LogP contribution in [-0.4, -0.2) is 73.2 Å². The average molecular weight is 271 g/mol. The van der Waals surface area contributed by atoms with E-state index >= 15 is 0 Å². The third-order valence-electron chi connectivity index (χ3n) is 1.78. The molecule has 2 atom stereocenters. The highest BCUT2D eigenvalue weighted by Gasteiger charge is 2.23. The number of rotatable bonds is 7. The van der Waals surface area contributed by atoms with Crippen molar-refractivity contribution in [1.82, 2.24) is 0 Å². The molecule has 2 aliphatic rings. The van der Waals surface area contributed by atoms with Crippen molar-refractivity contribution in [3.8, 4) is 0 Å². The van der Waals surface area contributed by atoms with Crippen LogP contribution in [0.5, 0.6) is 0 Å². The van der Waals surface area contributed by atoms with Crippen molar-refractivity contribution in [3.05, 3.63) is 0 Å². The molecule has 2 fully saturated rings. The fourth-order valence-electron chi connectivity index (χ4n) is 0.876. The van der Waals surface area contributed by atoms with Crippen LogP contribution in [0.1, 0.15) is 0 Å². The summed E-state index contributed by atoms with van der Waals surface area (Å²) in [7, 11) is -3.39. The van der Waals surface area contributed by atoms with Gasteiger partial charge in [0.15, 0.2) is 0 Å². The van der Waals surface area contributed by atoms with E-state index in [-0.39, 0.29) is 0 Å². The summed E-state index contributed by atoms with van der Waals surface area (Å²) in [5.41, 5.74) is 0. The summed E-state index contributed by atoms with van der Waals surface area (Å²) in [6.45, 7) is 5.42. The number of epoxide rings is 2. The van der Waals surface area contributed by atoms with Crippen LogP contribution in [-0.2, 0) is 18.9 Å². The van der Waals surface area contributed by atoms with Crippen molar-refractivity contribution in [1.29, 1.82) is 0 Å². The molecule has 17 heavy (non-hydrogen) atoms. The van der Waals surface area contributed by atoms with Crippen LogP contribution in [0.3, 0.4) is 0 Å². The van der Waals surface area contributed by atoms with E-state index in [1.807, 2.05) is 0 Å². The first-order valence-electron chi connectivity index (χ1n) is 5.38. The molecule has 8 heteroatoms. The first-order valence-corrected chi connectivity index (χ1v) is 7.48. The summed E-state index contributed by atoms with van der Waals surface area (Å²) < 4.78 is 20.5. The molecule has 7 nitrogen and oxygen atoms in total. The predicted molar refractivity (Wildman–Crippen MR) is 60.6 cm³/mol. The van der Waals surface area contributed by atoms with Gasteiger partial charge in [0.05, 0.1) is 39.6 Å². The van der Waals surface area contributed by atoms with Crippen LogP contribution in [0.4, 0.5) is 0 Å². The van der Waals surface area contributed by atoms with Crippen molar-refractivity contribution in [2.75, 3.05) is 46.3 Å². The van der Waals surface area contributed by atoms with Crippen LogP contribution in [0.25, 0.3) is 0 Å². The van der Waals surface area contributed by atoms with E-state index in [1.165, 1.54) is 0 Å². The van der Waals surface area contributed by atoms with Gasteiger partial charge >= 0.3 is 7.94 Å². The SMILES string of the molecule is C(COCC1CO1)OCC1CO1.C[P+](O)(O)O. The molecule has 2 saturated heterocycles. The molecule has 0 aromatic rings. The largest absolute Gasteiger partial charge is 0.400 e.